The van der Waals surface area contributed by atoms with E-state index in [4.69, 9.17) is 0 Å². The number of nitrogens with zero attached hydrogens (tertiary/aromatic N) is 1. The Morgan fingerprint density at radius 1 is 0.969 bits per heavy atom. The lowest BCUT2D eigenvalue weighted by Gasteiger charge is -2.41. The number of hydrogen-bond acceptors (Lipinski definition) is 2. The van der Waals surface area contributed by atoms with Crippen molar-refractivity contribution in [2.75, 3.05) is 11.9 Å². The fraction of sp³-hybridized carbons (Fsp3) is 0.304. The number of halogens is 5. The summed E-state index contributed by atoms with van der Waals surface area (Å²) in [5.41, 5.74) is -0.505. The van der Waals surface area contributed by atoms with Crippen molar-refractivity contribution in [3.63, 3.8) is 0 Å². The van der Waals surface area contributed by atoms with Crippen LogP contribution in [-0.4, -0.2) is 23.3 Å². The van der Waals surface area contributed by atoms with Gasteiger partial charge in [-0.2, -0.15) is 0 Å². The van der Waals surface area contributed by atoms with Crippen LogP contribution in [0.2, 0.25) is 0 Å². The summed E-state index contributed by atoms with van der Waals surface area (Å²) in [6.45, 7) is 0.823. The predicted molar refractivity (Wildman–Crippen MR) is 106 cm³/mol. The first-order valence-corrected chi connectivity index (χ1v) is 10.1. The highest BCUT2D eigenvalue weighted by Crippen LogP contribution is 2.39. The average molecular weight is 450 g/mol. The quantitative estimate of drug-likeness (QED) is 0.321. The molecule has 32 heavy (non-hydrogen) atoms. The minimum absolute atomic E-state index is 0.104. The summed E-state index contributed by atoms with van der Waals surface area (Å²) >= 11 is 0. The Morgan fingerprint density at radius 3 is 2.25 bits per heavy atom. The molecule has 2 aliphatic rings. The molecule has 0 unspecified atom stereocenters. The van der Waals surface area contributed by atoms with Crippen LogP contribution in [0.4, 0.5) is 27.6 Å². The van der Waals surface area contributed by atoms with Crippen molar-refractivity contribution in [2.24, 2.45) is 17.8 Å². The zero-order valence-electron chi connectivity index (χ0n) is 16.8. The van der Waals surface area contributed by atoms with Crippen LogP contribution in [0.1, 0.15) is 18.4 Å². The van der Waals surface area contributed by atoms with E-state index in [2.05, 4.69) is 0 Å². The molecule has 1 saturated heterocycles. The molecule has 0 saturated carbocycles. The maximum atomic E-state index is 14.0. The SMILES string of the molecule is O=C(Nc1c(F)c(F)c(F)c(F)c1F)[C@H]1CC=C[C@H]2CCN(Cc3ccccc3)C(=O)[C@@H]12. The van der Waals surface area contributed by atoms with Gasteiger partial charge in [-0.1, -0.05) is 42.5 Å². The maximum absolute atomic E-state index is 14.0. The highest BCUT2D eigenvalue weighted by Gasteiger charge is 2.45. The van der Waals surface area contributed by atoms with Gasteiger partial charge in [-0.05, 0) is 24.3 Å². The zero-order chi connectivity index (χ0) is 23.0. The first kappa shape index (κ1) is 22.0. The van der Waals surface area contributed by atoms with Gasteiger partial charge < -0.3 is 10.2 Å². The number of hydrogen-bond donors (Lipinski definition) is 1. The molecule has 2 aromatic carbocycles. The molecule has 2 amide bonds. The number of nitrogens with one attached hydrogen (secondary N) is 1. The van der Waals surface area contributed by atoms with Crippen molar-refractivity contribution < 1.29 is 31.5 Å². The van der Waals surface area contributed by atoms with Crippen LogP contribution in [-0.2, 0) is 16.1 Å². The van der Waals surface area contributed by atoms with Gasteiger partial charge in [0.15, 0.2) is 23.3 Å². The summed E-state index contributed by atoms with van der Waals surface area (Å²) in [4.78, 5) is 27.7. The molecule has 2 aromatic rings. The lowest BCUT2D eigenvalue weighted by Crippen LogP contribution is -2.50. The molecule has 1 aliphatic heterocycles. The zero-order valence-corrected chi connectivity index (χ0v) is 16.8. The Labute approximate surface area is 180 Å². The molecular formula is C23H19F5N2O2. The van der Waals surface area contributed by atoms with Crippen LogP contribution in [0.3, 0.4) is 0 Å². The topological polar surface area (TPSA) is 49.4 Å². The van der Waals surface area contributed by atoms with E-state index in [1.807, 2.05) is 41.7 Å². The van der Waals surface area contributed by atoms with Gasteiger partial charge in [-0.15, -0.1) is 0 Å². The number of anilines is 1. The van der Waals surface area contributed by atoms with Crippen LogP contribution in [0.15, 0.2) is 42.5 Å². The minimum atomic E-state index is -2.31. The van der Waals surface area contributed by atoms with Gasteiger partial charge in [-0.25, -0.2) is 22.0 Å². The van der Waals surface area contributed by atoms with Gasteiger partial charge >= 0.3 is 0 Å². The molecule has 0 bridgehead atoms. The van der Waals surface area contributed by atoms with E-state index in [0.717, 1.165) is 5.56 Å². The van der Waals surface area contributed by atoms with Crippen LogP contribution in [0.5, 0.6) is 0 Å². The fourth-order valence-corrected chi connectivity index (χ4v) is 4.38. The summed E-state index contributed by atoms with van der Waals surface area (Å²) < 4.78 is 68.3. The third-order valence-electron chi connectivity index (χ3n) is 6.01. The van der Waals surface area contributed by atoms with Crippen molar-refractivity contribution in [3.05, 3.63) is 77.1 Å². The third kappa shape index (κ3) is 3.87. The van der Waals surface area contributed by atoms with Gasteiger partial charge in [0, 0.05) is 13.1 Å². The number of benzene rings is 2. The summed E-state index contributed by atoms with van der Waals surface area (Å²) in [7, 11) is 0. The van der Waals surface area contributed by atoms with Crippen molar-refractivity contribution >= 4 is 17.5 Å². The van der Waals surface area contributed by atoms with Gasteiger partial charge in [-0.3, -0.25) is 9.59 Å². The molecule has 1 aliphatic carbocycles. The number of fused-ring (bicyclic) bond motifs is 1. The molecule has 1 fully saturated rings. The molecule has 4 nitrogen and oxygen atoms in total. The summed E-state index contributed by atoms with van der Waals surface area (Å²) in [6.07, 6.45) is 4.23. The first-order chi connectivity index (χ1) is 15.3. The maximum Gasteiger partial charge on any atom is 0.228 e. The van der Waals surface area contributed by atoms with E-state index in [1.54, 1.807) is 11.0 Å². The van der Waals surface area contributed by atoms with Crippen LogP contribution >= 0.6 is 0 Å². The number of likely N-dealkylation sites (tertiary alicyclic amines) is 1. The number of amides is 2. The second kappa shape index (κ2) is 8.72. The third-order valence-corrected chi connectivity index (χ3v) is 6.01. The number of carbonyl (C=O) groups excluding carboxylic acids is 2. The van der Waals surface area contributed by atoms with Gasteiger partial charge in [0.2, 0.25) is 17.6 Å². The largest absolute Gasteiger partial charge is 0.338 e. The van der Waals surface area contributed by atoms with Crippen LogP contribution < -0.4 is 5.32 Å². The Kier molecular flexibility index (Phi) is 5.99. The number of allylic oxidation sites excluding steroid dienone is 2. The Balaban J connectivity index is 1.58. The Morgan fingerprint density at radius 2 is 1.59 bits per heavy atom. The monoisotopic (exact) mass is 450 g/mol. The van der Waals surface area contributed by atoms with E-state index >= 15 is 0 Å². The minimum Gasteiger partial charge on any atom is -0.338 e. The molecular weight excluding hydrogens is 431 g/mol. The summed E-state index contributed by atoms with van der Waals surface area (Å²) in [5.74, 6) is -14.2. The first-order valence-electron chi connectivity index (χ1n) is 10.1. The summed E-state index contributed by atoms with van der Waals surface area (Å²) in [6, 6.07) is 9.27. The standard InChI is InChI=1S/C23H19F5N2O2/c24-16-17(25)19(27)21(20(28)18(16)26)29-22(31)14-8-4-7-13-9-10-30(23(32)15(13)14)11-12-5-2-1-3-6-12/h1-7,13-15H,8-11H2,(H,29,31)/t13-,14-,15+/m0/s1. The lowest BCUT2D eigenvalue weighted by atomic mass is 9.71. The summed E-state index contributed by atoms with van der Waals surface area (Å²) in [5, 5.41) is 1.83. The van der Waals surface area contributed by atoms with Gasteiger partial charge in [0.1, 0.15) is 5.69 Å². The van der Waals surface area contributed by atoms with Crippen molar-refractivity contribution in [1.82, 2.24) is 4.90 Å². The number of rotatable bonds is 4. The number of piperidine rings is 1. The molecule has 4 rings (SSSR count). The normalized spacial score (nSPS) is 22.6. The highest BCUT2D eigenvalue weighted by atomic mass is 19.2. The molecule has 168 valence electrons. The second-order valence-electron chi connectivity index (χ2n) is 7.93. The van der Waals surface area contributed by atoms with Crippen LogP contribution in [0, 0.1) is 46.8 Å². The van der Waals surface area contributed by atoms with E-state index in [9.17, 15) is 31.5 Å². The highest BCUT2D eigenvalue weighted by molar-refractivity contribution is 5.97. The molecule has 0 spiro atoms. The Bertz CT molecular complexity index is 1060. The van der Waals surface area contributed by atoms with Gasteiger partial charge in [0.05, 0.1) is 11.8 Å². The van der Waals surface area contributed by atoms with Crippen molar-refractivity contribution in [2.45, 2.75) is 19.4 Å². The molecule has 3 atom stereocenters. The molecule has 1 heterocycles. The lowest BCUT2D eigenvalue weighted by molar-refractivity contribution is -0.147. The van der Waals surface area contributed by atoms with Crippen molar-refractivity contribution in [3.8, 4) is 0 Å². The smallest absolute Gasteiger partial charge is 0.228 e. The van der Waals surface area contributed by atoms with E-state index in [1.165, 1.54) is 0 Å². The average Bonchev–Trinajstić information content (AvgIpc) is 2.81. The van der Waals surface area contributed by atoms with E-state index in [0.29, 0.717) is 19.5 Å². The number of carbonyl (C=O) groups is 2. The predicted octanol–water partition coefficient (Wildman–Crippen LogP) is 4.56. The fourth-order valence-electron chi connectivity index (χ4n) is 4.38. The van der Waals surface area contributed by atoms with Crippen molar-refractivity contribution in [1.29, 1.82) is 0 Å². The molecule has 1 N–H and O–H groups in total. The van der Waals surface area contributed by atoms with E-state index < -0.39 is 52.5 Å². The van der Waals surface area contributed by atoms with Gasteiger partial charge in [0.25, 0.3) is 0 Å². The molecule has 0 aromatic heterocycles. The second-order valence-corrected chi connectivity index (χ2v) is 7.93. The van der Waals surface area contributed by atoms with Crippen LogP contribution in [0.25, 0.3) is 0 Å². The Hall–Kier alpha value is -3.23. The van der Waals surface area contributed by atoms with E-state index in [-0.39, 0.29) is 18.2 Å². The molecule has 9 heteroatoms. The molecule has 0 radical (unpaired) electrons.